The topological polar surface area (TPSA) is 83.0 Å². The van der Waals surface area contributed by atoms with E-state index < -0.39 is 11.8 Å². The fraction of sp³-hybridized carbons (Fsp3) is 0.148. The molecule has 2 amide bonds. The monoisotopic (exact) mass is 534 g/mol. The Hall–Kier alpha value is -3.91. The standard InChI is InChI=1S/C27H27BrN4O3/c1-4-35-25-15-12-22(28)17-21(25)18-29-31-27(34)24(30-26(33)20-8-6-5-7-9-20)16-19-10-13-23(14-11-19)32(2)3/h5-18H,4H2,1-3H3,(H,30,33)(H,31,34). The van der Waals surface area contributed by atoms with Gasteiger partial charge in [-0.05, 0) is 61.0 Å². The molecule has 0 saturated carbocycles. The lowest BCUT2D eigenvalue weighted by Crippen LogP contribution is -2.32. The predicted molar refractivity (Wildman–Crippen MR) is 144 cm³/mol. The molecule has 0 aliphatic carbocycles. The Labute approximate surface area is 213 Å². The van der Waals surface area contributed by atoms with Crippen molar-refractivity contribution < 1.29 is 14.3 Å². The molecule has 0 saturated heterocycles. The van der Waals surface area contributed by atoms with Crippen molar-refractivity contribution in [2.24, 2.45) is 5.10 Å². The summed E-state index contributed by atoms with van der Waals surface area (Å²) in [4.78, 5) is 27.7. The number of halogens is 1. The summed E-state index contributed by atoms with van der Waals surface area (Å²) in [7, 11) is 3.90. The van der Waals surface area contributed by atoms with Crippen molar-refractivity contribution in [2.75, 3.05) is 25.6 Å². The lowest BCUT2D eigenvalue weighted by Gasteiger charge is -2.13. The van der Waals surface area contributed by atoms with Gasteiger partial charge >= 0.3 is 0 Å². The zero-order valence-corrected chi connectivity index (χ0v) is 21.4. The van der Waals surface area contributed by atoms with Crippen molar-refractivity contribution in [2.45, 2.75) is 6.92 Å². The number of rotatable bonds is 9. The number of nitrogens with one attached hydrogen (secondary N) is 2. The van der Waals surface area contributed by atoms with E-state index in [1.807, 2.05) is 74.4 Å². The van der Waals surface area contributed by atoms with Gasteiger partial charge in [0.1, 0.15) is 11.4 Å². The number of nitrogens with zero attached hydrogens (tertiary/aromatic N) is 2. The summed E-state index contributed by atoms with van der Waals surface area (Å²) in [5.74, 6) is -0.315. The van der Waals surface area contributed by atoms with Gasteiger partial charge in [-0.25, -0.2) is 5.43 Å². The molecule has 8 heteroatoms. The van der Waals surface area contributed by atoms with Gasteiger partial charge in [-0.1, -0.05) is 46.3 Å². The highest BCUT2D eigenvalue weighted by molar-refractivity contribution is 9.10. The van der Waals surface area contributed by atoms with Crippen LogP contribution in [0.3, 0.4) is 0 Å². The summed E-state index contributed by atoms with van der Waals surface area (Å²) in [5, 5.41) is 6.78. The summed E-state index contributed by atoms with van der Waals surface area (Å²) in [6.07, 6.45) is 3.10. The molecule has 180 valence electrons. The van der Waals surface area contributed by atoms with Crippen LogP contribution in [-0.2, 0) is 4.79 Å². The van der Waals surface area contributed by atoms with E-state index in [9.17, 15) is 9.59 Å². The maximum atomic E-state index is 13.0. The average Bonchev–Trinajstić information content (AvgIpc) is 2.86. The molecule has 2 N–H and O–H groups in total. The number of anilines is 1. The quantitative estimate of drug-likeness (QED) is 0.234. The van der Waals surface area contributed by atoms with Crippen LogP contribution in [0.15, 0.2) is 88.1 Å². The Bertz CT molecular complexity index is 1220. The van der Waals surface area contributed by atoms with E-state index in [1.54, 1.807) is 30.3 Å². The van der Waals surface area contributed by atoms with Crippen LogP contribution in [0.4, 0.5) is 5.69 Å². The number of carbonyl (C=O) groups is 2. The summed E-state index contributed by atoms with van der Waals surface area (Å²) >= 11 is 3.43. The van der Waals surface area contributed by atoms with Crippen LogP contribution in [0.25, 0.3) is 6.08 Å². The molecule has 3 aromatic carbocycles. The third-order valence-corrected chi connectivity index (χ3v) is 5.38. The number of benzene rings is 3. The second-order valence-electron chi connectivity index (χ2n) is 7.68. The van der Waals surface area contributed by atoms with Crippen LogP contribution >= 0.6 is 15.9 Å². The van der Waals surface area contributed by atoms with Gasteiger partial charge < -0.3 is 15.0 Å². The zero-order chi connectivity index (χ0) is 25.2. The van der Waals surface area contributed by atoms with Gasteiger partial charge in [0.15, 0.2) is 0 Å². The van der Waals surface area contributed by atoms with E-state index in [0.717, 1.165) is 15.7 Å². The molecule has 0 fully saturated rings. The van der Waals surface area contributed by atoms with Gasteiger partial charge in [0.05, 0.1) is 12.8 Å². The lowest BCUT2D eigenvalue weighted by atomic mass is 10.1. The van der Waals surface area contributed by atoms with Crippen molar-refractivity contribution in [3.05, 3.63) is 99.7 Å². The molecule has 0 unspecified atom stereocenters. The average molecular weight is 535 g/mol. The molecule has 0 aromatic heterocycles. The second kappa shape index (κ2) is 12.5. The molecule has 7 nitrogen and oxygen atoms in total. The molecule has 0 heterocycles. The van der Waals surface area contributed by atoms with E-state index in [-0.39, 0.29) is 5.70 Å². The normalized spacial score (nSPS) is 11.3. The number of ether oxygens (including phenoxy) is 1. The van der Waals surface area contributed by atoms with Gasteiger partial charge in [-0.15, -0.1) is 0 Å². The Morgan fingerprint density at radius 3 is 2.40 bits per heavy atom. The molecule has 3 aromatic rings. The Kier molecular flexibility index (Phi) is 9.20. The van der Waals surface area contributed by atoms with Gasteiger partial charge in [-0.3, -0.25) is 9.59 Å². The van der Waals surface area contributed by atoms with Crippen molar-refractivity contribution >= 4 is 45.7 Å². The smallest absolute Gasteiger partial charge is 0.287 e. The third kappa shape index (κ3) is 7.55. The number of hydrazone groups is 1. The highest BCUT2D eigenvalue weighted by atomic mass is 79.9. The largest absolute Gasteiger partial charge is 0.493 e. The van der Waals surface area contributed by atoms with Crippen LogP contribution in [0.1, 0.15) is 28.4 Å². The second-order valence-corrected chi connectivity index (χ2v) is 8.59. The number of hydrogen-bond donors (Lipinski definition) is 2. The molecule has 0 bridgehead atoms. The molecule has 3 rings (SSSR count). The van der Waals surface area contributed by atoms with Gasteiger partial charge in [0.25, 0.3) is 11.8 Å². The summed E-state index contributed by atoms with van der Waals surface area (Å²) in [6, 6.07) is 21.8. The SMILES string of the molecule is CCOc1ccc(Br)cc1C=NNC(=O)C(=Cc1ccc(N(C)C)cc1)NC(=O)c1ccccc1. The van der Waals surface area contributed by atoms with Crippen LogP contribution in [0, 0.1) is 0 Å². The van der Waals surface area contributed by atoms with Crippen molar-refractivity contribution in [1.82, 2.24) is 10.7 Å². The molecule has 0 spiro atoms. The zero-order valence-electron chi connectivity index (χ0n) is 19.8. The minimum Gasteiger partial charge on any atom is -0.493 e. The van der Waals surface area contributed by atoms with Gasteiger partial charge in [0.2, 0.25) is 0 Å². The number of amides is 2. The number of hydrogen-bond acceptors (Lipinski definition) is 5. The molecule has 0 radical (unpaired) electrons. The third-order valence-electron chi connectivity index (χ3n) is 4.89. The fourth-order valence-electron chi connectivity index (χ4n) is 3.11. The van der Waals surface area contributed by atoms with Crippen molar-refractivity contribution in [3.63, 3.8) is 0 Å². The summed E-state index contributed by atoms with van der Waals surface area (Å²) < 4.78 is 6.46. The summed E-state index contributed by atoms with van der Waals surface area (Å²) in [5.41, 5.74) is 5.46. The number of carbonyl (C=O) groups excluding carboxylic acids is 2. The Morgan fingerprint density at radius 1 is 1.03 bits per heavy atom. The molecule has 0 aliphatic rings. The van der Waals surface area contributed by atoms with Gasteiger partial charge in [-0.2, -0.15) is 5.10 Å². The highest BCUT2D eigenvalue weighted by Gasteiger charge is 2.14. The molecular weight excluding hydrogens is 508 g/mol. The molecular formula is C27H27BrN4O3. The van der Waals surface area contributed by atoms with E-state index in [0.29, 0.717) is 23.5 Å². The van der Waals surface area contributed by atoms with Crippen LogP contribution in [0.2, 0.25) is 0 Å². The van der Waals surface area contributed by atoms with Crippen molar-refractivity contribution in [3.8, 4) is 5.75 Å². The molecule has 0 aliphatic heterocycles. The first-order valence-electron chi connectivity index (χ1n) is 11.0. The maximum Gasteiger partial charge on any atom is 0.287 e. The molecule has 35 heavy (non-hydrogen) atoms. The van der Waals surface area contributed by atoms with E-state index in [2.05, 4.69) is 31.8 Å². The first-order chi connectivity index (χ1) is 16.9. The Balaban J connectivity index is 1.84. The molecule has 0 atom stereocenters. The minimum absolute atomic E-state index is 0.0629. The Morgan fingerprint density at radius 2 is 1.74 bits per heavy atom. The highest BCUT2D eigenvalue weighted by Crippen LogP contribution is 2.21. The van der Waals surface area contributed by atoms with E-state index in [1.165, 1.54) is 6.21 Å². The van der Waals surface area contributed by atoms with Crippen LogP contribution < -0.4 is 20.4 Å². The fourth-order valence-corrected chi connectivity index (χ4v) is 3.48. The van der Waals surface area contributed by atoms with Crippen LogP contribution in [-0.4, -0.2) is 38.7 Å². The predicted octanol–water partition coefficient (Wildman–Crippen LogP) is 4.84. The van der Waals surface area contributed by atoms with E-state index >= 15 is 0 Å². The first-order valence-corrected chi connectivity index (χ1v) is 11.8. The lowest BCUT2D eigenvalue weighted by molar-refractivity contribution is -0.117. The van der Waals surface area contributed by atoms with E-state index in [4.69, 9.17) is 4.74 Å². The first kappa shape index (κ1) is 25.7. The summed E-state index contributed by atoms with van der Waals surface area (Å²) in [6.45, 7) is 2.39. The van der Waals surface area contributed by atoms with Crippen LogP contribution in [0.5, 0.6) is 5.75 Å². The van der Waals surface area contributed by atoms with Gasteiger partial charge in [0, 0.05) is 35.4 Å². The minimum atomic E-state index is -0.560. The van der Waals surface area contributed by atoms with Crippen molar-refractivity contribution in [1.29, 1.82) is 0 Å². The maximum absolute atomic E-state index is 13.0.